The van der Waals surface area contributed by atoms with Crippen LogP contribution in [-0.4, -0.2) is 35.0 Å². The average molecular weight is 462 g/mol. The summed E-state index contributed by atoms with van der Waals surface area (Å²) >= 11 is 0. The largest absolute Gasteiger partial charge is 0.447 e. The molecule has 1 aromatic heterocycles. The van der Waals surface area contributed by atoms with Crippen LogP contribution in [0.25, 0.3) is 0 Å². The molecule has 1 aliphatic heterocycles. The number of nitrogens with one attached hydrogen (secondary N) is 1. The van der Waals surface area contributed by atoms with Gasteiger partial charge in [-0.15, -0.1) is 0 Å². The quantitative estimate of drug-likeness (QED) is 0.434. The molecular weight excluding hydrogens is 426 g/mol. The molecule has 6 heteroatoms. The Morgan fingerprint density at radius 1 is 1.06 bits per heavy atom. The minimum Gasteiger partial charge on any atom is -0.447 e. The highest BCUT2D eigenvalue weighted by Gasteiger charge is 2.22. The van der Waals surface area contributed by atoms with Crippen molar-refractivity contribution in [3.8, 4) is 0 Å². The summed E-state index contributed by atoms with van der Waals surface area (Å²) in [6.45, 7) is 9.12. The zero-order chi connectivity index (χ0) is 23.9. The van der Waals surface area contributed by atoms with Gasteiger partial charge in [-0.3, -0.25) is 9.69 Å². The minimum atomic E-state index is -0.225. The van der Waals surface area contributed by atoms with E-state index in [2.05, 4.69) is 84.5 Å². The number of rotatable bonds is 10. The lowest BCUT2D eigenvalue weighted by molar-refractivity contribution is 0.0853. The normalized spacial score (nSPS) is 16.8. The molecule has 180 valence electrons. The Kier molecular flexibility index (Phi) is 8.14. The summed E-state index contributed by atoms with van der Waals surface area (Å²) in [6, 6.07) is 19.4. The molecule has 1 fully saturated rings. The van der Waals surface area contributed by atoms with Crippen LogP contribution in [0.2, 0.25) is 0 Å². The van der Waals surface area contributed by atoms with Gasteiger partial charge < -0.3 is 14.5 Å². The van der Waals surface area contributed by atoms with Gasteiger partial charge in [0.2, 0.25) is 5.89 Å². The Morgan fingerprint density at radius 3 is 2.50 bits per heavy atom. The molecule has 1 saturated heterocycles. The van der Waals surface area contributed by atoms with E-state index in [0.29, 0.717) is 30.6 Å². The van der Waals surface area contributed by atoms with Gasteiger partial charge in [0.05, 0.1) is 12.6 Å². The van der Waals surface area contributed by atoms with Crippen LogP contribution < -0.4 is 5.32 Å². The van der Waals surface area contributed by atoms with Gasteiger partial charge in [0.25, 0.3) is 5.91 Å². The van der Waals surface area contributed by atoms with Crippen LogP contribution in [-0.2, 0) is 17.8 Å². The van der Waals surface area contributed by atoms with Crippen LogP contribution in [0.5, 0.6) is 0 Å². The van der Waals surface area contributed by atoms with Crippen LogP contribution in [0.4, 0.5) is 0 Å². The minimum absolute atomic E-state index is 0.0969. The highest BCUT2D eigenvalue weighted by atomic mass is 16.5. The number of carbonyl (C=O) groups is 1. The predicted octanol–water partition coefficient (Wildman–Crippen LogP) is 5.47. The van der Waals surface area contributed by atoms with E-state index < -0.39 is 0 Å². The molecule has 1 aliphatic rings. The van der Waals surface area contributed by atoms with Crippen LogP contribution in [0, 0.1) is 0 Å². The third-order valence-corrected chi connectivity index (χ3v) is 6.50. The van der Waals surface area contributed by atoms with Gasteiger partial charge in [0.15, 0.2) is 5.69 Å². The van der Waals surface area contributed by atoms with Crippen molar-refractivity contribution in [1.82, 2.24) is 15.2 Å². The summed E-state index contributed by atoms with van der Waals surface area (Å²) in [4.78, 5) is 19.3. The molecule has 1 amide bonds. The second kappa shape index (κ2) is 11.4. The van der Waals surface area contributed by atoms with Crippen LogP contribution in [0.15, 0.2) is 65.3 Å². The summed E-state index contributed by atoms with van der Waals surface area (Å²) in [5.41, 5.74) is 4.09. The lowest BCUT2D eigenvalue weighted by Crippen LogP contribution is -2.32. The Labute approximate surface area is 202 Å². The first kappa shape index (κ1) is 24.2. The molecule has 0 saturated carbocycles. The van der Waals surface area contributed by atoms with Crippen molar-refractivity contribution in [2.75, 3.05) is 13.2 Å². The van der Waals surface area contributed by atoms with E-state index >= 15 is 0 Å². The summed E-state index contributed by atoms with van der Waals surface area (Å²) in [6.07, 6.45) is 3.57. The fourth-order valence-corrected chi connectivity index (χ4v) is 4.28. The number of amides is 1. The van der Waals surface area contributed by atoms with Gasteiger partial charge in [0.1, 0.15) is 6.26 Å². The maximum absolute atomic E-state index is 12.5. The van der Waals surface area contributed by atoms with Crippen LogP contribution >= 0.6 is 0 Å². The van der Waals surface area contributed by atoms with E-state index in [1.807, 2.05) is 6.07 Å². The van der Waals surface area contributed by atoms with Crippen molar-refractivity contribution in [2.24, 2.45) is 0 Å². The Morgan fingerprint density at radius 2 is 1.82 bits per heavy atom. The zero-order valence-electron chi connectivity index (χ0n) is 20.4. The van der Waals surface area contributed by atoms with Crippen LogP contribution in [0.1, 0.15) is 78.6 Å². The molecule has 2 aromatic carbocycles. The van der Waals surface area contributed by atoms with Crippen molar-refractivity contribution in [3.63, 3.8) is 0 Å². The third kappa shape index (κ3) is 6.33. The first-order valence-corrected chi connectivity index (χ1v) is 12.2. The van der Waals surface area contributed by atoms with Crippen molar-refractivity contribution >= 4 is 5.91 Å². The highest BCUT2D eigenvalue weighted by molar-refractivity contribution is 5.91. The maximum Gasteiger partial charge on any atom is 0.273 e. The van der Waals surface area contributed by atoms with E-state index in [1.54, 1.807) is 0 Å². The average Bonchev–Trinajstić information content (AvgIpc) is 3.55. The second-order valence-electron chi connectivity index (χ2n) is 9.36. The number of ether oxygens (including phenoxy) is 1. The number of carbonyl (C=O) groups excluding carboxylic acids is 1. The van der Waals surface area contributed by atoms with Gasteiger partial charge in [-0.05, 0) is 42.4 Å². The predicted molar refractivity (Wildman–Crippen MR) is 132 cm³/mol. The molecule has 34 heavy (non-hydrogen) atoms. The summed E-state index contributed by atoms with van der Waals surface area (Å²) < 4.78 is 11.3. The number of aromatic nitrogens is 1. The lowest BCUT2D eigenvalue weighted by Gasteiger charge is -2.28. The first-order valence-electron chi connectivity index (χ1n) is 12.2. The number of benzene rings is 2. The molecule has 2 unspecified atom stereocenters. The SMILES string of the molecule is CC(C)c1ccc(CN(Cc2nc(C(=O)NCC3CCCO3)co2)C(C)c2ccccc2)cc1. The molecule has 4 rings (SSSR count). The highest BCUT2D eigenvalue weighted by Crippen LogP contribution is 2.25. The first-order chi connectivity index (χ1) is 16.5. The van der Waals surface area contributed by atoms with E-state index in [1.165, 1.54) is 23.0 Å². The maximum atomic E-state index is 12.5. The van der Waals surface area contributed by atoms with E-state index in [0.717, 1.165) is 26.0 Å². The van der Waals surface area contributed by atoms with E-state index in [-0.39, 0.29) is 18.1 Å². The summed E-state index contributed by atoms with van der Waals surface area (Å²) in [7, 11) is 0. The molecular formula is C28H35N3O3. The lowest BCUT2D eigenvalue weighted by atomic mass is 10.0. The molecule has 6 nitrogen and oxygen atoms in total. The zero-order valence-corrected chi connectivity index (χ0v) is 20.4. The Hall–Kier alpha value is -2.96. The van der Waals surface area contributed by atoms with Crippen LogP contribution in [0.3, 0.4) is 0 Å². The van der Waals surface area contributed by atoms with E-state index in [9.17, 15) is 4.79 Å². The molecule has 3 aromatic rings. The standard InChI is InChI=1S/C28H35N3O3/c1-20(2)23-13-11-22(12-14-23)17-31(21(3)24-8-5-4-6-9-24)18-27-30-26(19-34-27)28(32)29-16-25-10-7-15-33-25/h4-6,8-9,11-14,19-21,25H,7,10,15-18H2,1-3H3,(H,29,32). The van der Waals surface area contributed by atoms with Gasteiger partial charge >= 0.3 is 0 Å². The van der Waals surface area contributed by atoms with Gasteiger partial charge in [-0.2, -0.15) is 0 Å². The van der Waals surface area contributed by atoms with Crippen molar-refractivity contribution in [1.29, 1.82) is 0 Å². The van der Waals surface area contributed by atoms with Gasteiger partial charge in [0, 0.05) is 25.7 Å². The Balaban J connectivity index is 1.46. The number of hydrogen-bond acceptors (Lipinski definition) is 5. The molecule has 0 bridgehead atoms. The monoisotopic (exact) mass is 461 g/mol. The topological polar surface area (TPSA) is 67.6 Å². The summed E-state index contributed by atoms with van der Waals surface area (Å²) in [5.74, 6) is 0.812. The van der Waals surface area contributed by atoms with Crippen molar-refractivity contribution in [3.05, 3.63) is 89.1 Å². The fraction of sp³-hybridized carbons (Fsp3) is 0.429. The van der Waals surface area contributed by atoms with E-state index in [4.69, 9.17) is 9.15 Å². The molecule has 2 atom stereocenters. The van der Waals surface area contributed by atoms with Gasteiger partial charge in [-0.1, -0.05) is 68.4 Å². The third-order valence-electron chi connectivity index (χ3n) is 6.50. The molecule has 2 heterocycles. The molecule has 1 N–H and O–H groups in total. The van der Waals surface area contributed by atoms with Gasteiger partial charge in [-0.25, -0.2) is 4.98 Å². The summed E-state index contributed by atoms with van der Waals surface area (Å²) in [5, 5.41) is 2.91. The smallest absolute Gasteiger partial charge is 0.273 e. The molecule has 0 radical (unpaired) electrons. The number of hydrogen-bond donors (Lipinski definition) is 1. The van der Waals surface area contributed by atoms with Crippen molar-refractivity contribution in [2.45, 2.75) is 64.8 Å². The van der Waals surface area contributed by atoms with Crippen molar-refractivity contribution < 1.29 is 13.9 Å². The molecule has 0 spiro atoms. The number of oxazole rings is 1. The number of nitrogens with zero attached hydrogens (tertiary/aromatic N) is 2. The Bertz CT molecular complexity index is 1040. The molecule has 0 aliphatic carbocycles. The second-order valence-corrected chi connectivity index (χ2v) is 9.36. The fourth-order valence-electron chi connectivity index (χ4n) is 4.28.